The fraction of sp³-hybridized carbons (Fsp3) is 0.350. The van der Waals surface area contributed by atoms with E-state index in [1.54, 1.807) is 13.2 Å². The number of benzene rings is 2. The lowest BCUT2D eigenvalue weighted by atomic mass is 10.0. The summed E-state index contributed by atoms with van der Waals surface area (Å²) >= 11 is 6.89. The summed E-state index contributed by atoms with van der Waals surface area (Å²) in [7, 11) is 1.58. The number of ether oxygens (including phenoxy) is 1. The molecular weight excluding hydrogens is 460 g/mol. The molecule has 0 radical (unpaired) electrons. The molecule has 1 aliphatic rings. The Labute approximate surface area is 171 Å². The lowest BCUT2D eigenvalue weighted by molar-refractivity contribution is 0.0905. The molecule has 0 spiro atoms. The number of nitrogens with one attached hydrogen (secondary N) is 1. The van der Waals surface area contributed by atoms with Gasteiger partial charge in [0, 0.05) is 30.1 Å². The number of carbonyl (C=O) groups is 1. The summed E-state index contributed by atoms with van der Waals surface area (Å²) in [5.74, 6) is 0.470. The molecule has 1 N–H and O–H groups in total. The van der Waals surface area contributed by atoms with Crippen LogP contribution in [-0.2, 0) is 6.54 Å². The van der Waals surface area contributed by atoms with E-state index < -0.39 is 0 Å². The van der Waals surface area contributed by atoms with Crippen molar-refractivity contribution in [3.05, 3.63) is 62.5 Å². The van der Waals surface area contributed by atoms with Crippen molar-refractivity contribution in [2.75, 3.05) is 20.2 Å². The van der Waals surface area contributed by atoms with Crippen molar-refractivity contribution in [2.45, 2.75) is 25.4 Å². The van der Waals surface area contributed by atoms with Crippen LogP contribution in [0.1, 0.15) is 28.8 Å². The first-order valence-electron chi connectivity index (χ1n) is 8.67. The molecule has 0 unspecified atom stereocenters. The molecule has 0 atom stereocenters. The maximum absolute atomic E-state index is 12.7. The standard InChI is InChI=1S/C20H22Br2N2O2/c1-26-19-17(11-15(21)12-18(19)22)20(25)23-16-7-9-24(10-8-16)13-14-5-3-2-4-6-14/h2-6,11-12,16H,7-10,13H2,1H3,(H,23,25). The van der Waals surface area contributed by atoms with Crippen molar-refractivity contribution in [2.24, 2.45) is 0 Å². The van der Waals surface area contributed by atoms with Crippen LogP contribution >= 0.6 is 31.9 Å². The Morgan fingerprint density at radius 3 is 2.54 bits per heavy atom. The highest BCUT2D eigenvalue weighted by Crippen LogP contribution is 2.32. The first-order chi connectivity index (χ1) is 12.6. The van der Waals surface area contributed by atoms with Gasteiger partial charge in [-0.05, 0) is 46.5 Å². The molecule has 1 saturated heterocycles. The molecule has 1 fully saturated rings. The van der Waals surface area contributed by atoms with Gasteiger partial charge < -0.3 is 10.1 Å². The van der Waals surface area contributed by atoms with Gasteiger partial charge in [0.05, 0.1) is 17.1 Å². The zero-order valence-electron chi connectivity index (χ0n) is 14.7. The minimum absolute atomic E-state index is 0.0923. The smallest absolute Gasteiger partial charge is 0.255 e. The molecule has 138 valence electrons. The molecule has 6 heteroatoms. The third-order valence-corrected chi connectivity index (χ3v) is 5.68. The van der Waals surface area contributed by atoms with Crippen LogP contribution in [0.25, 0.3) is 0 Å². The molecule has 2 aromatic carbocycles. The van der Waals surface area contributed by atoms with Crippen LogP contribution in [0.2, 0.25) is 0 Å². The third kappa shape index (κ3) is 4.87. The Balaban J connectivity index is 1.57. The molecule has 1 heterocycles. The summed E-state index contributed by atoms with van der Waals surface area (Å²) in [6.45, 7) is 2.94. The van der Waals surface area contributed by atoms with Crippen LogP contribution in [0.15, 0.2) is 51.4 Å². The summed E-state index contributed by atoms with van der Waals surface area (Å²) < 4.78 is 6.99. The normalized spacial score (nSPS) is 15.7. The number of hydrogen-bond acceptors (Lipinski definition) is 3. The fourth-order valence-electron chi connectivity index (χ4n) is 3.28. The van der Waals surface area contributed by atoms with E-state index in [1.807, 2.05) is 12.1 Å². The van der Waals surface area contributed by atoms with Gasteiger partial charge in [0.15, 0.2) is 0 Å². The number of piperidine rings is 1. The van der Waals surface area contributed by atoms with Crippen LogP contribution in [0.5, 0.6) is 5.75 Å². The Kier molecular flexibility index (Phi) is 6.73. The minimum atomic E-state index is -0.0923. The molecule has 0 aromatic heterocycles. The van der Waals surface area contributed by atoms with Crippen molar-refractivity contribution in [3.63, 3.8) is 0 Å². The predicted molar refractivity (Wildman–Crippen MR) is 111 cm³/mol. The number of halogens is 2. The molecule has 2 aromatic rings. The molecule has 0 saturated carbocycles. The van der Waals surface area contributed by atoms with Gasteiger partial charge in [0.25, 0.3) is 5.91 Å². The highest BCUT2D eigenvalue weighted by molar-refractivity contribution is 9.11. The fourth-order valence-corrected chi connectivity index (χ4v) is 4.66. The van der Waals surface area contributed by atoms with E-state index in [4.69, 9.17) is 4.74 Å². The van der Waals surface area contributed by atoms with E-state index in [9.17, 15) is 4.79 Å². The zero-order valence-corrected chi connectivity index (χ0v) is 17.8. The summed E-state index contributed by atoms with van der Waals surface area (Å²) in [6, 6.07) is 14.4. The molecule has 0 bridgehead atoms. The quantitative estimate of drug-likeness (QED) is 0.677. The van der Waals surface area contributed by atoms with Crippen LogP contribution in [0.3, 0.4) is 0 Å². The Morgan fingerprint density at radius 2 is 1.88 bits per heavy atom. The second kappa shape index (κ2) is 9.02. The molecule has 4 nitrogen and oxygen atoms in total. The number of nitrogens with zero attached hydrogens (tertiary/aromatic N) is 1. The largest absolute Gasteiger partial charge is 0.495 e. The van der Waals surface area contributed by atoms with Gasteiger partial charge in [-0.1, -0.05) is 46.3 Å². The summed E-state index contributed by atoms with van der Waals surface area (Å²) in [6.07, 6.45) is 1.91. The number of likely N-dealkylation sites (tertiary alicyclic amines) is 1. The Bertz CT molecular complexity index is 760. The molecular formula is C20H22Br2N2O2. The van der Waals surface area contributed by atoms with Gasteiger partial charge in [0.1, 0.15) is 5.75 Å². The summed E-state index contributed by atoms with van der Waals surface area (Å²) in [4.78, 5) is 15.2. The zero-order chi connectivity index (χ0) is 18.5. The molecule has 26 heavy (non-hydrogen) atoms. The Hall–Kier alpha value is -1.37. The van der Waals surface area contributed by atoms with Crippen LogP contribution in [-0.4, -0.2) is 37.0 Å². The average molecular weight is 482 g/mol. The van der Waals surface area contributed by atoms with E-state index >= 15 is 0 Å². The van der Waals surface area contributed by atoms with E-state index in [2.05, 4.69) is 66.3 Å². The van der Waals surface area contributed by atoms with Gasteiger partial charge in [-0.25, -0.2) is 0 Å². The second-order valence-corrected chi connectivity index (χ2v) is 8.25. The van der Waals surface area contributed by atoms with Gasteiger partial charge in [0.2, 0.25) is 0 Å². The highest BCUT2D eigenvalue weighted by atomic mass is 79.9. The molecule has 1 aliphatic heterocycles. The van der Waals surface area contributed by atoms with E-state index in [0.29, 0.717) is 11.3 Å². The number of amides is 1. The minimum Gasteiger partial charge on any atom is -0.495 e. The summed E-state index contributed by atoms with van der Waals surface area (Å²) in [5.41, 5.74) is 1.87. The first-order valence-corrected chi connectivity index (χ1v) is 10.3. The molecule has 1 amide bonds. The van der Waals surface area contributed by atoms with Gasteiger partial charge in [-0.3, -0.25) is 9.69 Å². The third-order valence-electron chi connectivity index (χ3n) is 4.63. The van der Waals surface area contributed by atoms with Gasteiger partial charge >= 0.3 is 0 Å². The predicted octanol–water partition coefficient (Wildman–Crippen LogP) is 4.61. The number of methoxy groups -OCH3 is 1. The second-order valence-electron chi connectivity index (χ2n) is 6.48. The monoisotopic (exact) mass is 480 g/mol. The highest BCUT2D eigenvalue weighted by Gasteiger charge is 2.23. The first kappa shape index (κ1) is 19.4. The van der Waals surface area contributed by atoms with E-state index in [-0.39, 0.29) is 11.9 Å². The SMILES string of the molecule is COc1c(Br)cc(Br)cc1C(=O)NC1CCN(Cc2ccccc2)CC1. The van der Waals surface area contributed by atoms with Crippen molar-refractivity contribution in [3.8, 4) is 5.75 Å². The number of hydrogen-bond donors (Lipinski definition) is 1. The summed E-state index contributed by atoms with van der Waals surface area (Å²) in [5, 5.41) is 3.16. The van der Waals surface area contributed by atoms with Crippen LogP contribution in [0.4, 0.5) is 0 Å². The van der Waals surface area contributed by atoms with Crippen LogP contribution in [0, 0.1) is 0 Å². The molecule has 3 rings (SSSR count). The average Bonchev–Trinajstić information content (AvgIpc) is 2.63. The van der Waals surface area contributed by atoms with Crippen molar-refractivity contribution in [1.82, 2.24) is 10.2 Å². The molecule has 0 aliphatic carbocycles. The Morgan fingerprint density at radius 1 is 1.19 bits per heavy atom. The maximum atomic E-state index is 12.7. The van der Waals surface area contributed by atoms with Gasteiger partial charge in [-0.15, -0.1) is 0 Å². The van der Waals surface area contributed by atoms with Crippen molar-refractivity contribution < 1.29 is 9.53 Å². The van der Waals surface area contributed by atoms with Crippen molar-refractivity contribution >= 4 is 37.8 Å². The van der Waals surface area contributed by atoms with E-state index in [0.717, 1.165) is 41.4 Å². The lowest BCUT2D eigenvalue weighted by Crippen LogP contribution is -2.44. The topological polar surface area (TPSA) is 41.6 Å². The number of carbonyl (C=O) groups excluding carboxylic acids is 1. The van der Waals surface area contributed by atoms with E-state index in [1.165, 1.54) is 5.56 Å². The number of rotatable bonds is 5. The maximum Gasteiger partial charge on any atom is 0.255 e. The lowest BCUT2D eigenvalue weighted by Gasteiger charge is -2.32. The van der Waals surface area contributed by atoms with Crippen LogP contribution < -0.4 is 10.1 Å². The van der Waals surface area contributed by atoms with Gasteiger partial charge in [-0.2, -0.15) is 0 Å². The van der Waals surface area contributed by atoms with Crippen molar-refractivity contribution in [1.29, 1.82) is 0 Å².